The van der Waals surface area contributed by atoms with Crippen LogP contribution in [0.5, 0.6) is 0 Å². The first kappa shape index (κ1) is 19.1. The molecule has 0 radical (unpaired) electrons. The third-order valence-electron chi connectivity index (χ3n) is 3.57. The summed E-state index contributed by atoms with van der Waals surface area (Å²) in [5.41, 5.74) is 0. The third kappa shape index (κ3) is 10.5. The Morgan fingerprint density at radius 2 is 1.79 bits per heavy atom. The zero-order chi connectivity index (χ0) is 14.6. The molecule has 0 fully saturated rings. The van der Waals surface area contributed by atoms with Crippen molar-refractivity contribution in [2.75, 3.05) is 26.9 Å². The van der Waals surface area contributed by atoms with Crippen molar-refractivity contribution in [1.82, 2.24) is 0 Å². The Kier molecular flexibility index (Phi) is 11.9. The third-order valence-corrected chi connectivity index (χ3v) is 7.38. The van der Waals surface area contributed by atoms with Crippen LogP contribution < -0.4 is 0 Å². The number of ether oxygens (including phenoxy) is 1. The molecule has 0 aliphatic heterocycles. The highest BCUT2D eigenvalue weighted by atomic mass is 28.4. The van der Waals surface area contributed by atoms with Crippen molar-refractivity contribution < 1.29 is 19.4 Å². The Bertz CT molecular complexity index is 204. The van der Waals surface area contributed by atoms with Crippen LogP contribution in [0.15, 0.2) is 0 Å². The van der Waals surface area contributed by atoms with Gasteiger partial charge in [0.15, 0.2) is 8.32 Å². The van der Waals surface area contributed by atoms with Crippen LogP contribution in [0.1, 0.15) is 39.0 Å². The van der Waals surface area contributed by atoms with Gasteiger partial charge in [-0.2, -0.15) is 0 Å². The Hall–Kier alpha value is 0.0569. The molecule has 4 nitrogen and oxygen atoms in total. The van der Waals surface area contributed by atoms with E-state index in [2.05, 4.69) is 13.5 Å². The first-order chi connectivity index (χ1) is 9.08. The van der Waals surface area contributed by atoms with Crippen molar-refractivity contribution in [3.05, 3.63) is 0 Å². The molecule has 0 aromatic carbocycles. The molecule has 0 saturated carbocycles. The van der Waals surface area contributed by atoms with E-state index < -0.39 is 14.4 Å². The molecule has 2 unspecified atom stereocenters. The van der Waals surface area contributed by atoms with Gasteiger partial charge >= 0.3 is 0 Å². The minimum atomic E-state index is -1.55. The van der Waals surface area contributed by atoms with Crippen LogP contribution in [0.2, 0.25) is 18.6 Å². The first-order valence-electron chi connectivity index (χ1n) is 7.49. The average molecular weight is 292 g/mol. The maximum Gasteiger partial charge on any atom is 0.189 e. The van der Waals surface area contributed by atoms with Crippen LogP contribution in [0, 0.1) is 0 Å². The summed E-state index contributed by atoms with van der Waals surface area (Å²) < 4.78 is 11.1. The van der Waals surface area contributed by atoms with Gasteiger partial charge < -0.3 is 19.4 Å². The largest absolute Gasteiger partial charge is 0.420 e. The molecule has 0 aliphatic carbocycles. The monoisotopic (exact) mass is 292 g/mol. The molecule has 0 rings (SSSR count). The van der Waals surface area contributed by atoms with Gasteiger partial charge in [0.2, 0.25) is 0 Å². The molecule has 0 amide bonds. The Labute approximate surface area is 119 Å². The SMILES string of the molecule is CCCCCC[Si](C)(CCCOCC(O)CO)OC. The average Bonchev–Trinajstić information content (AvgIpc) is 2.43. The lowest BCUT2D eigenvalue weighted by molar-refractivity contribution is 0.00634. The fraction of sp³-hybridized carbons (Fsp3) is 1.00. The first-order valence-corrected chi connectivity index (χ1v) is 10.3. The summed E-state index contributed by atoms with van der Waals surface area (Å²) in [6, 6.07) is 2.33. The molecule has 0 heterocycles. The molecule has 0 saturated heterocycles. The zero-order valence-electron chi connectivity index (χ0n) is 12.9. The van der Waals surface area contributed by atoms with Crippen LogP contribution in [0.25, 0.3) is 0 Å². The minimum Gasteiger partial charge on any atom is -0.420 e. The smallest absolute Gasteiger partial charge is 0.189 e. The van der Waals surface area contributed by atoms with Gasteiger partial charge in [0.05, 0.1) is 13.2 Å². The van der Waals surface area contributed by atoms with Crippen molar-refractivity contribution in [2.24, 2.45) is 0 Å². The van der Waals surface area contributed by atoms with Gasteiger partial charge in [0.1, 0.15) is 6.10 Å². The maximum atomic E-state index is 9.14. The van der Waals surface area contributed by atoms with Crippen molar-refractivity contribution in [3.8, 4) is 0 Å². The Balaban J connectivity index is 3.66. The molecular formula is C14H32O4Si. The number of aliphatic hydroxyl groups is 2. The van der Waals surface area contributed by atoms with Gasteiger partial charge in [0.25, 0.3) is 0 Å². The van der Waals surface area contributed by atoms with Crippen molar-refractivity contribution in [1.29, 1.82) is 0 Å². The number of rotatable bonds is 13. The Morgan fingerprint density at radius 3 is 2.37 bits per heavy atom. The number of aliphatic hydroxyl groups excluding tert-OH is 2. The van der Waals surface area contributed by atoms with Gasteiger partial charge in [-0.1, -0.05) is 32.6 Å². The van der Waals surface area contributed by atoms with E-state index in [9.17, 15) is 0 Å². The van der Waals surface area contributed by atoms with E-state index in [1.807, 2.05) is 7.11 Å². The standard InChI is InChI=1S/C14H32O4Si/c1-4-5-6-7-10-19(3,17-2)11-8-9-18-13-14(16)12-15/h14-16H,4-13H2,1-3H3. The van der Waals surface area contributed by atoms with Crippen molar-refractivity contribution >= 4 is 8.32 Å². The normalized spacial score (nSPS) is 16.3. The quantitative estimate of drug-likeness (QED) is 0.404. The van der Waals surface area contributed by atoms with Crippen LogP contribution in [0.4, 0.5) is 0 Å². The molecule has 2 atom stereocenters. The lowest BCUT2D eigenvalue weighted by atomic mass is 10.2. The van der Waals surface area contributed by atoms with Gasteiger partial charge in [-0.05, 0) is 25.1 Å². The maximum absolute atomic E-state index is 9.14. The van der Waals surface area contributed by atoms with E-state index in [0.717, 1.165) is 12.5 Å². The summed E-state index contributed by atoms with van der Waals surface area (Å²) in [7, 11) is 0.285. The fourth-order valence-corrected chi connectivity index (χ4v) is 4.62. The van der Waals surface area contributed by atoms with Crippen molar-refractivity contribution in [3.63, 3.8) is 0 Å². The molecule has 2 N–H and O–H groups in total. The van der Waals surface area contributed by atoms with Gasteiger partial charge in [-0.25, -0.2) is 0 Å². The van der Waals surface area contributed by atoms with Crippen molar-refractivity contribution in [2.45, 2.75) is 63.8 Å². The second-order valence-corrected chi connectivity index (χ2v) is 9.79. The molecule has 0 aromatic heterocycles. The van der Waals surface area contributed by atoms with E-state index in [1.54, 1.807) is 0 Å². The lowest BCUT2D eigenvalue weighted by Gasteiger charge is -2.25. The number of unbranched alkanes of at least 4 members (excludes halogenated alkanes) is 3. The van der Waals surface area contributed by atoms with Crippen LogP contribution in [-0.4, -0.2) is 51.6 Å². The van der Waals surface area contributed by atoms with Gasteiger partial charge in [0, 0.05) is 13.7 Å². The van der Waals surface area contributed by atoms with Crippen LogP contribution in [-0.2, 0) is 9.16 Å². The predicted octanol–water partition coefficient (Wildman–Crippen LogP) is 2.55. The van der Waals surface area contributed by atoms with Gasteiger partial charge in [-0.15, -0.1) is 0 Å². The van der Waals surface area contributed by atoms with E-state index in [0.29, 0.717) is 6.61 Å². The fourth-order valence-electron chi connectivity index (χ4n) is 2.08. The summed E-state index contributed by atoms with van der Waals surface area (Å²) in [6.07, 6.45) is 5.39. The second kappa shape index (κ2) is 11.8. The minimum absolute atomic E-state index is 0.220. The Morgan fingerprint density at radius 1 is 1.11 bits per heavy atom. The topological polar surface area (TPSA) is 58.9 Å². The van der Waals surface area contributed by atoms with Crippen LogP contribution >= 0.6 is 0 Å². The van der Waals surface area contributed by atoms with E-state index >= 15 is 0 Å². The van der Waals surface area contributed by atoms with E-state index in [4.69, 9.17) is 19.4 Å². The summed E-state index contributed by atoms with van der Waals surface area (Å²) >= 11 is 0. The molecule has 116 valence electrons. The molecule has 0 aromatic rings. The summed E-state index contributed by atoms with van der Waals surface area (Å²) in [5, 5.41) is 17.8. The molecule has 0 spiro atoms. The summed E-state index contributed by atoms with van der Waals surface area (Å²) in [5.74, 6) is 0. The van der Waals surface area contributed by atoms with E-state index in [-0.39, 0.29) is 13.2 Å². The zero-order valence-corrected chi connectivity index (χ0v) is 13.9. The highest BCUT2D eigenvalue weighted by Crippen LogP contribution is 2.22. The second-order valence-electron chi connectivity index (χ2n) is 5.48. The summed E-state index contributed by atoms with van der Waals surface area (Å²) in [4.78, 5) is 0. The highest BCUT2D eigenvalue weighted by Gasteiger charge is 2.26. The molecular weight excluding hydrogens is 260 g/mol. The van der Waals surface area contributed by atoms with Crippen LogP contribution in [0.3, 0.4) is 0 Å². The number of hydrogen-bond donors (Lipinski definition) is 2. The molecule has 0 bridgehead atoms. The molecule has 19 heavy (non-hydrogen) atoms. The van der Waals surface area contributed by atoms with Gasteiger partial charge in [-0.3, -0.25) is 0 Å². The lowest BCUT2D eigenvalue weighted by Crippen LogP contribution is -2.33. The number of hydrogen-bond acceptors (Lipinski definition) is 4. The highest BCUT2D eigenvalue weighted by molar-refractivity contribution is 6.72. The predicted molar refractivity (Wildman–Crippen MR) is 80.9 cm³/mol. The summed E-state index contributed by atoms with van der Waals surface area (Å²) in [6.45, 7) is 5.14. The molecule has 5 heteroatoms. The molecule has 0 aliphatic rings. The van der Waals surface area contributed by atoms with E-state index in [1.165, 1.54) is 31.7 Å².